The summed E-state index contributed by atoms with van der Waals surface area (Å²) in [5.41, 5.74) is -0.744. The SMILES string of the molecule is CC(C)(C)CCC1(O)CCC(C(F)(F)F)CC1. The third kappa shape index (κ3) is 4.86. The summed E-state index contributed by atoms with van der Waals surface area (Å²) in [6, 6.07) is 0. The molecular formula is C13H23F3O. The molecule has 1 rings (SSSR count). The van der Waals surface area contributed by atoms with Crippen LogP contribution in [0.25, 0.3) is 0 Å². The largest absolute Gasteiger partial charge is 0.391 e. The van der Waals surface area contributed by atoms with Gasteiger partial charge in [-0.05, 0) is 43.9 Å². The fourth-order valence-electron chi connectivity index (χ4n) is 2.34. The van der Waals surface area contributed by atoms with Gasteiger partial charge in [-0.25, -0.2) is 0 Å². The second kappa shape index (κ2) is 4.79. The highest BCUT2D eigenvalue weighted by molar-refractivity contribution is 4.88. The van der Waals surface area contributed by atoms with E-state index in [1.807, 2.05) is 0 Å². The van der Waals surface area contributed by atoms with Crippen molar-refractivity contribution in [2.45, 2.75) is 71.1 Å². The van der Waals surface area contributed by atoms with Gasteiger partial charge < -0.3 is 5.11 Å². The van der Waals surface area contributed by atoms with Crippen molar-refractivity contribution in [1.29, 1.82) is 0 Å². The van der Waals surface area contributed by atoms with Gasteiger partial charge in [-0.3, -0.25) is 0 Å². The quantitative estimate of drug-likeness (QED) is 0.777. The first-order chi connectivity index (χ1) is 7.52. The van der Waals surface area contributed by atoms with Gasteiger partial charge in [-0.15, -0.1) is 0 Å². The fourth-order valence-corrected chi connectivity index (χ4v) is 2.34. The lowest BCUT2D eigenvalue weighted by Gasteiger charge is -2.38. The molecule has 1 nitrogen and oxygen atoms in total. The monoisotopic (exact) mass is 252 g/mol. The first-order valence-electron chi connectivity index (χ1n) is 6.31. The maximum Gasteiger partial charge on any atom is 0.391 e. The molecule has 0 aliphatic heterocycles. The van der Waals surface area contributed by atoms with Gasteiger partial charge in [0.1, 0.15) is 0 Å². The highest BCUT2D eigenvalue weighted by atomic mass is 19.4. The Bertz CT molecular complexity index is 244. The molecule has 17 heavy (non-hydrogen) atoms. The third-order valence-corrected chi connectivity index (χ3v) is 3.72. The summed E-state index contributed by atoms with van der Waals surface area (Å²) in [4.78, 5) is 0. The van der Waals surface area contributed by atoms with Crippen molar-refractivity contribution in [1.82, 2.24) is 0 Å². The normalized spacial score (nSPS) is 31.6. The van der Waals surface area contributed by atoms with Crippen LogP contribution in [0, 0.1) is 11.3 Å². The van der Waals surface area contributed by atoms with E-state index in [0.717, 1.165) is 6.42 Å². The van der Waals surface area contributed by atoms with Crippen LogP contribution in [0.5, 0.6) is 0 Å². The number of hydrogen-bond donors (Lipinski definition) is 1. The zero-order valence-corrected chi connectivity index (χ0v) is 10.9. The fraction of sp³-hybridized carbons (Fsp3) is 1.00. The van der Waals surface area contributed by atoms with Gasteiger partial charge in [0.25, 0.3) is 0 Å². The minimum absolute atomic E-state index is 0.0736. The standard InChI is InChI=1S/C13H23F3O/c1-11(2,3)8-9-12(17)6-4-10(5-7-12)13(14,15)16/h10,17H,4-9H2,1-3H3. The summed E-state index contributed by atoms with van der Waals surface area (Å²) in [5.74, 6) is -1.21. The first-order valence-corrected chi connectivity index (χ1v) is 6.31. The molecule has 0 aromatic carbocycles. The average Bonchev–Trinajstić information content (AvgIpc) is 2.13. The van der Waals surface area contributed by atoms with E-state index in [-0.39, 0.29) is 31.1 Å². The summed E-state index contributed by atoms with van der Waals surface area (Å²) < 4.78 is 37.5. The number of halogens is 3. The van der Waals surface area contributed by atoms with Crippen molar-refractivity contribution in [3.63, 3.8) is 0 Å². The Morgan fingerprint density at radius 3 is 1.94 bits per heavy atom. The van der Waals surface area contributed by atoms with Crippen molar-refractivity contribution in [2.24, 2.45) is 11.3 Å². The Hall–Kier alpha value is -0.250. The van der Waals surface area contributed by atoms with Gasteiger partial charge >= 0.3 is 6.18 Å². The van der Waals surface area contributed by atoms with Crippen LogP contribution in [0.2, 0.25) is 0 Å². The van der Waals surface area contributed by atoms with E-state index < -0.39 is 17.7 Å². The highest BCUT2D eigenvalue weighted by Crippen LogP contribution is 2.43. The molecule has 0 aromatic heterocycles. The van der Waals surface area contributed by atoms with Crippen molar-refractivity contribution in [3.8, 4) is 0 Å². The van der Waals surface area contributed by atoms with Crippen molar-refractivity contribution < 1.29 is 18.3 Å². The number of rotatable bonds is 2. The zero-order valence-electron chi connectivity index (χ0n) is 10.9. The van der Waals surface area contributed by atoms with Crippen LogP contribution < -0.4 is 0 Å². The maximum atomic E-state index is 12.5. The highest BCUT2D eigenvalue weighted by Gasteiger charge is 2.45. The molecule has 1 fully saturated rings. The Kier molecular flexibility index (Phi) is 4.17. The smallest absolute Gasteiger partial charge is 0.390 e. The number of alkyl halides is 3. The Balaban J connectivity index is 2.44. The van der Waals surface area contributed by atoms with Gasteiger partial charge in [0.05, 0.1) is 11.5 Å². The van der Waals surface area contributed by atoms with Gasteiger partial charge in [0.2, 0.25) is 0 Å². The van der Waals surface area contributed by atoms with Crippen LogP contribution in [0.4, 0.5) is 13.2 Å². The summed E-state index contributed by atoms with van der Waals surface area (Å²) in [6.07, 6.45) is -1.92. The van der Waals surface area contributed by atoms with Crippen LogP contribution in [-0.4, -0.2) is 16.9 Å². The van der Waals surface area contributed by atoms with E-state index in [9.17, 15) is 18.3 Å². The van der Waals surface area contributed by atoms with Gasteiger partial charge in [-0.1, -0.05) is 20.8 Å². The predicted molar refractivity (Wildman–Crippen MR) is 61.7 cm³/mol. The summed E-state index contributed by atoms with van der Waals surface area (Å²) in [7, 11) is 0. The maximum absolute atomic E-state index is 12.5. The summed E-state index contributed by atoms with van der Waals surface area (Å²) in [6.45, 7) is 6.24. The Labute approximate surface area is 101 Å². The van der Waals surface area contributed by atoms with Crippen molar-refractivity contribution >= 4 is 0 Å². The van der Waals surface area contributed by atoms with Gasteiger partial charge in [0, 0.05) is 0 Å². The predicted octanol–water partition coefficient (Wildman–Crippen LogP) is 4.30. The van der Waals surface area contributed by atoms with Crippen LogP contribution >= 0.6 is 0 Å². The van der Waals surface area contributed by atoms with Gasteiger partial charge in [0.15, 0.2) is 0 Å². The lowest BCUT2D eigenvalue weighted by atomic mass is 9.74. The van der Waals surface area contributed by atoms with E-state index in [4.69, 9.17) is 0 Å². The topological polar surface area (TPSA) is 20.2 Å². The van der Waals surface area contributed by atoms with E-state index in [2.05, 4.69) is 20.8 Å². The molecule has 102 valence electrons. The molecule has 0 radical (unpaired) electrons. The van der Waals surface area contributed by atoms with E-state index in [1.165, 1.54) is 0 Å². The molecule has 0 unspecified atom stereocenters. The molecule has 0 aromatic rings. The molecule has 4 heteroatoms. The minimum Gasteiger partial charge on any atom is -0.390 e. The van der Waals surface area contributed by atoms with Crippen LogP contribution in [0.1, 0.15) is 59.3 Å². The van der Waals surface area contributed by atoms with E-state index >= 15 is 0 Å². The molecule has 1 saturated carbocycles. The lowest BCUT2D eigenvalue weighted by Crippen LogP contribution is -2.38. The van der Waals surface area contributed by atoms with Crippen LogP contribution in [0.3, 0.4) is 0 Å². The third-order valence-electron chi connectivity index (χ3n) is 3.72. The molecule has 0 saturated heterocycles. The lowest BCUT2D eigenvalue weighted by molar-refractivity contribution is -0.193. The van der Waals surface area contributed by atoms with E-state index in [1.54, 1.807) is 0 Å². The molecule has 0 spiro atoms. The van der Waals surface area contributed by atoms with Gasteiger partial charge in [-0.2, -0.15) is 13.2 Å². The number of hydrogen-bond acceptors (Lipinski definition) is 1. The average molecular weight is 252 g/mol. The van der Waals surface area contributed by atoms with E-state index in [0.29, 0.717) is 6.42 Å². The molecule has 1 aliphatic carbocycles. The molecular weight excluding hydrogens is 229 g/mol. The molecule has 1 N–H and O–H groups in total. The Morgan fingerprint density at radius 1 is 1.12 bits per heavy atom. The van der Waals surface area contributed by atoms with Crippen LogP contribution in [0.15, 0.2) is 0 Å². The number of aliphatic hydroxyl groups is 1. The van der Waals surface area contributed by atoms with Crippen molar-refractivity contribution in [2.75, 3.05) is 0 Å². The minimum atomic E-state index is -4.09. The molecule has 0 bridgehead atoms. The molecule has 0 atom stereocenters. The molecule has 0 amide bonds. The summed E-state index contributed by atoms with van der Waals surface area (Å²) >= 11 is 0. The zero-order chi connectivity index (χ0) is 13.3. The molecule has 0 heterocycles. The Morgan fingerprint density at radius 2 is 1.59 bits per heavy atom. The second-order valence-corrected chi connectivity index (χ2v) is 6.60. The van der Waals surface area contributed by atoms with Crippen LogP contribution in [-0.2, 0) is 0 Å². The molecule has 1 aliphatic rings. The van der Waals surface area contributed by atoms with Crippen molar-refractivity contribution in [3.05, 3.63) is 0 Å². The summed E-state index contributed by atoms with van der Waals surface area (Å²) in [5, 5.41) is 10.3. The second-order valence-electron chi connectivity index (χ2n) is 6.60. The first kappa shape index (κ1) is 14.8.